The Morgan fingerprint density at radius 2 is 2.05 bits per heavy atom. The van der Waals surface area contributed by atoms with Crippen LogP contribution in [0.5, 0.6) is 0 Å². The van der Waals surface area contributed by atoms with E-state index in [2.05, 4.69) is 22.8 Å². The molecule has 2 fully saturated rings. The normalized spacial score (nSPS) is 23.2. The summed E-state index contributed by atoms with van der Waals surface area (Å²) in [6.45, 7) is 5.96. The molecule has 1 saturated carbocycles. The number of amides is 1. The van der Waals surface area contributed by atoms with Gasteiger partial charge in [0.15, 0.2) is 0 Å². The molecule has 22 heavy (non-hydrogen) atoms. The second-order valence-corrected chi connectivity index (χ2v) is 6.72. The van der Waals surface area contributed by atoms with Crippen molar-refractivity contribution >= 4 is 5.91 Å². The molecule has 1 aromatic rings. The van der Waals surface area contributed by atoms with E-state index < -0.39 is 0 Å². The molecule has 1 aliphatic heterocycles. The van der Waals surface area contributed by atoms with E-state index in [4.69, 9.17) is 4.74 Å². The van der Waals surface area contributed by atoms with Crippen LogP contribution >= 0.6 is 0 Å². The van der Waals surface area contributed by atoms with E-state index in [-0.39, 0.29) is 12.5 Å². The Labute approximate surface area is 132 Å². The van der Waals surface area contributed by atoms with Crippen LogP contribution < -0.4 is 0 Å². The largest absolute Gasteiger partial charge is 0.368 e. The number of carbonyl (C=O) groups is 1. The van der Waals surface area contributed by atoms with Gasteiger partial charge in [-0.25, -0.2) is 0 Å². The van der Waals surface area contributed by atoms with E-state index in [9.17, 15) is 4.79 Å². The molecule has 0 unspecified atom stereocenters. The average Bonchev–Trinajstić information content (AvgIpc) is 3.14. The maximum atomic E-state index is 12.4. The fourth-order valence-corrected chi connectivity index (χ4v) is 3.73. The van der Waals surface area contributed by atoms with E-state index in [1.165, 1.54) is 18.5 Å². The first-order valence-corrected chi connectivity index (χ1v) is 8.55. The van der Waals surface area contributed by atoms with Gasteiger partial charge in [0.1, 0.15) is 6.61 Å². The SMILES string of the molecule is Cc1cc(C)n([C@@H]2CCCN(C(=O)COC3CCCC3)C2)n1. The Morgan fingerprint density at radius 3 is 2.73 bits per heavy atom. The molecule has 0 aromatic carbocycles. The van der Waals surface area contributed by atoms with Crippen molar-refractivity contribution in [3.05, 3.63) is 17.5 Å². The summed E-state index contributed by atoms with van der Waals surface area (Å²) < 4.78 is 7.86. The van der Waals surface area contributed by atoms with Crippen molar-refractivity contribution < 1.29 is 9.53 Å². The Morgan fingerprint density at radius 1 is 1.27 bits per heavy atom. The van der Waals surface area contributed by atoms with Gasteiger partial charge in [-0.1, -0.05) is 12.8 Å². The number of hydrogen-bond acceptors (Lipinski definition) is 3. The van der Waals surface area contributed by atoms with Gasteiger partial charge in [0.05, 0.1) is 17.8 Å². The molecule has 0 N–H and O–H groups in total. The molecule has 5 heteroatoms. The Kier molecular flexibility index (Phi) is 4.81. The molecule has 1 aromatic heterocycles. The fourth-order valence-electron chi connectivity index (χ4n) is 3.73. The zero-order chi connectivity index (χ0) is 15.5. The van der Waals surface area contributed by atoms with Crippen molar-refractivity contribution in [2.24, 2.45) is 0 Å². The molecule has 2 aliphatic rings. The predicted molar refractivity (Wildman–Crippen MR) is 84.8 cm³/mol. The third-order valence-electron chi connectivity index (χ3n) is 4.88. The number of ether oxygens (including phenoxy) is 1. The zero-order valence-electron chi connectivity index (χ0n) is 13.8. The molecule has 1 saturated heterocycles. The highest BCUT2D eigenvalue weighted by Gasteiger charge is 2.27. The minimum atomic E-state index is 0.137. The summed E-state index contributed by atoms with van der Waals surface area (Å²) in [4.78, 5) is 14.4. The first kappa shape index (κ1) is 15.5. The van der Waals surface area contributed by atoms with Crippen molar-refractivity contribution in [1.82, 2.24) is 14.7 Å². The van der Waals surface area contributed by atoms with Crippen molar-refractivity contribution in [2.75, 3.05) is 19.7 Å². The Hall–Kier alpha value is -1.36. The second kappa shape index (κ2) is 6.82. The predicted octanol–water partition coefficient (Wildman–Crippen LogP) is 2.62. The van der Waals surface area contributed by atoms with Crippen LogP contribution in [0.1, 0.15) is 56.0 Å². The number of carbonyl (C=O) groups excluding carboxylic acids is 1. The maximum absolute atomic E-state index is 12.4. The van der Waals surface area contributed by atoms with Gasteiger partial charge in [0.25, 0.3) is 0 Å². The van der Waals surface area contributed by atoms with Gasteiger partial charge in [-0.3, -0.25) is 9.48 Å². The van der Waals surface area contributed by atoms with E-state index in [0.717, 1.165) is 44.5 Å². The van der Waals surface area contributed by atoms with Crippen molar-refractivity contribution in [3.8, 4) is 0 Å². The average molecular weight is 305 g/mol. The number of rotatable bonds is 4. The lowest BCUT2D eigenvalue weighted by atomic mass is 10.1. The monoisotopic (exact) mass is 305 g/mol. The number of aryl methyl sites for hydroxylation is 2. The highest BCUT2D eigenvalue weighted by atomic mass is 16.5. The molecule has 122 valence electrons. The highest BCUT2D eigenvalue weighted by Crippen LogP contribution is 2.24. The summed E-state index contributed by atoms with van der Waals surface area (Å²) >= 11 is 0. The molecular formula is C17H27N3O2. The van der Waals surface area contributed by atoms with Crippen LogP contribution in [-0.2, 0) is 9.53 Å². The number of nitrogens with zero attached hydrogens (tertiary/aromatic N) is 3. The fraction of sp³-hybridized carbons (Fsp3) is 0.765. The van der Waals surface area contributed by atoms with Gasteiger partial charge in [0, 0.05) is 18.8 Å². The molecule has 2 heterocycles. The second-order valence-electron chi connectivity index (χ2n) is 6.72. The quantitative estimate of drug-likeness (QED) is 0.859. The van der Waals surface area contributed by atoms with Crippen LogP contribution in [0.3, 0.4) is 0 Å². The number of aromatic nitrogens is 2. The molecule has 0 radical (unpaired) electrons. The van der Waals surface area contributed by atoms with Crippen molar-refractivity contribution in [2.45, 2.75) is 64.5 Å². The topological polar surface area (TPSA) is 47.4 Å². The van der Waals surface area contributed by atoms with Gasteiger partial charge >= 0.3 is 0 Å². The first-order chi connectivity index (χ1) is 10.6. The van der Waals surface area contributed by atoms with Crippen molar-refractivity contribution in [3.63, 3.8) is 0 Å². The lowest BCUT2D eigenvalue weighted by molar-refractivity contribution is -0.139. The molecule has 1 amide bonds. The number of likely N-dealkylation sites (tertiary alicyclic amines) is 1. The maximum Gasteiger partial charge on any atom is 0.248 e. The van der Waals surface area contributed by atoms with Gasteiger partial charge in [-0.05, 0) is 45.6 Å². The minimum Gasteiger partial charge on any atom is -0.368 e. The van der Waals surface area contributed by atoms with E-state index in [0.29, 0.717) is 12.1 Å². The molecule has 1 aliphatic carbocycles. The molecule has 1 atom stereocenters. The lowest BCUT2D eigenvalue weighted by Crippen LogP contribution is -2.43. The van der Waals surface area contributed by atoms with Crippen LogP contribution in [0.25, 0.3) is 0 Å². The number of piperidine rings is 1. The standard InChI is InChI=1S/C17H27N3O2/c1-13-10-14(2)20(18-13)15-6-5-9-19(11-15)17(21)12-22-16-7-3-4-8-16/h10,15-16H,3-9,11-12H2,1-2H3/t15-/m1/s1. The van der Waals surface area contributed by atoms with Gasteiger partial charge in [-0.15, -0.1) is 0 Å². The lowest BCUT2D eigenvalue weighted by Gasteiger charge is -2.33. The zero-order valence-corrected chi connectivity index (χ0v) is 13.8. The summed E-state index contributed by atoms with van der Waals surface area (Å²) in [6.07, 6.45) is 7.14. The van der Waals surface area contributed by atoms with Gasteiger partial charge < -0.3 is 9.64 Å². The highest BCUT2D eigenvalue weighted by molar-refractivity contribution is 5.77. The van der Waals surface area contributed by atoms with Crippen molar-refractivity contribution in [1.29, 1.82) is 0 Å². The van der Waals surface area contributed by atoms with Gasteiger partial charge in [0.2, 0.25) is 5.91 Å². The molecule has 5 nitrogen and oxygen atoms in total. The van der Waals surface area contributed by atoms with Crippen LogP contribution in [0, 0.1) is 13.8 Å². The summed E-state index contributed by atoms with van der Waals surface area (Å²) in [7, 11) is 0. The third kappa shape index (κ3) is 3.51. The number of hydrogen-bond donors (Lipinski definition) is 0. The smallest absolute Gasteiger partial charge is 0.248 e. The third-order valence-corrected chi connectivity index (χ3v) is 4.88. The molecule has 3 rings (SSSR count). The Balaban J connectivity index is 1.55. The van der Waals surface area contributed by atoms with Crippen LogP contribution in [-0.4, -0.2) is 46.4 Å². The van der Waals surface area contributed by atoms with E-state index in [1.807, 2.05) is 11.8 Å². The van der Waals surface area contributed by atoms with Gasteiger partial charge in [-0.2, -0.15) is 5.10 Å². The molecule has 0 bridgehead atoms. The molecular weight excluding hydrogens is 278 g/mol. The summed E-state index contributed by atoms with van der Waals surface area (Å²) in [5.41, 5.74) is 2.23. The summed E-state index contributed by atoms with van der Waals surface area (Å²) in [6, 6.07) is 2.40. The first-order valence-electron chi connectivity index (χ1n) is 8.55. The molecule has 0 spiro atoms. The van der Waals surface area contributed by atoms with Crippen LogP contribution in [0.4, 0.5) is 0 Å². The van der Waals surface area contributed by atoms with E-state index >= 15 is 0 Å². The minimum absolute atomic E-state index is 0.137. The van der Waals surface area contributed by atoms with Crippen LogP contribution in [0.15, 0.2) is 6.07 Å². The summed E-state index contributed by atoms with van der Waals surface area (Å²) in [5, 5.41) is 4.58. The van der Waals surface area contributed by atoms with E-state index in [1.54, 1.807) is 0 Å². The van der Waals surface area contributed by atoms with Crippen LogP contribution in [0.2, 0.25) is 0 Å². The Bertz CT molecular complexity index is 520. The summed E-state index contributed by atoms with van der Waals surface area (Å²) in [5.74, 6) is 0.137.